The van der Waals surface area contributed by atoms with E-state index in [-0.39, 0.29) is 5.54 Å². The molecule has 0 unspecified atom stereocenters. The number of aryl methyl sites for hydroxylation is 2. The van der Waals surface area contributed by atoms with Crippen LogP contribution in [0.25, 0.3) is 11.3 Å². The van der Waals surface area contributed by atoms with Crippen molar-refractivity contribution in [1.82, 2.24) is 4.98 Å². The van der Waals surface area contributed by atoms with E-state index in [2.05, 4.69) is 50.4 Å². The van der Waals surface area contributed by atoms with Crippen molar-refractivity contribution in [2.45, 2.75) is 39.2 Å². The summed E-state index contributed by atoms with van der Waals surface area (Å²) in [5, 5.41) is 3.31. The summed E-state index contributed by atoms with van der Waals surface area (Å²) in [6.45, 7) is 6.24. The Labute approximate surface area is 113 Å². The van der Waals surface area contributed by atoms with E-state index in [1.807, 2.05) is 0 Å². The van der Waals surface area contributed by atoms with Crippen LogP contribution in [0.15, 0.2) is 29.6 Å². The summed E-state index contributed by atoms with van der Waals surface area (Å²) in [5.41, 5.74) is 9.47. The first-order chi connectivity index (χ1) is 8.46. The molecule has 2 nitrogen and oxygen atoms in total. The molecular weight excluding hydrogens is 240 g/mol. The highest BCUT2D eigenvalue weighted by Crippen LogP contribution is 2.25. The van der Waals surface area contributed by atoms with E-state index in [1.165, 1.54) is 16.1 Å². The van der Waals surface area contributed by atoms with Crippen LogP contribution in [0.2, 0.25) is 0 Å². The molecule has 1 aromatic heterocycles. The predicted octanol–water partition coefficient (Wildman–Crippen LogP) is 3.79. The largest absolute Gasteiger partial charge is 0.326 e. The Morgan fingerprint density at radius 3 is 2.67 bits per heavy atom. The second-order valence-electron chi connectivity index (χ2n) is 5.43. The van der Waals surface area contributed by atoms with Gasteiger partial charge in [-0.1, -0.05) is 24.3 Å². The lowest BCUT2D eigenvalue weighted by Crippen LogP contribution is -2.32. The highest BCUT2D eigenvalue weighted by molar-refractivity contribution is 7.09. The van der Waals surface area contributed by atoms with Crippen LogP contribution in [-0.4, -0.2) is 10.5 Å². The van der Waals surface area contributed by atoms with Crippen LogP contribution >= 0.6 is 11.3 Å². The smallest absolute Gasteiger partial charge is 0.0933 e. The van der Waals surface area contributed by atoms with E-state index < -0.39 is 0 Å². The molecule has 18 heavy (non-hydrogen) atoms. The molecule has 0 radical (unpaired) electrons. The molecule has 0 aliphatic heterocycles. The Hall–Kier alpha value is -1.19. The van der Waals surface area contributed by atoms with Gasteiger partial charge in [-0.25, -0.2) is 4.98 Å². The van der Waals surface area contributed by atoms with Gasteiger partial charge < -0.3 is 5.73 Å². The minimum Gasteiger partial charge on any atom is -0.326 e. The molecule has 2 N–H and O–H groups in total. The van der Waals surface area contributed by atoms with E-state index in [4.69, 9.17) is 10.7 Å². The summed E-state index contributed by atoms with van der Waals surface area (Å²) in [4.78, 5) is 4.71. The predicted molar refractivity (Wildman–Crippen MR) is 78.9 cm³/mol. The van der Waals surface area contributed by atoms with E-state index in [0.29, 0.717) is 0 Å². The molecule has 0 atom stereocenters. The lowest BCUT2D eigenvalue weighted by molar-refractivity contribution is 0.476. The molecule has 0 saturated heterocycles. The molecule has 0 fully saturated rings. The molecule has 0 spiro atoms. The maximum absolute atomic E-state index is 6.00. The van der Waals surface area contributed by atoms with Gasteiger partial charge in [0.2, 0.25) is 0 Å². The third-order valence-electron chi connectivity index (χ3n) is 2.96. The topological polar surface area (TPSA) is 38.9 Å². The summed E-state index contributed by atoms with van der Waals surface area (Å²) in [5.74, 6) is 0. The lowest BCUT2D eigenvalue weighted by Gasteiger charge is -2.16. The number of benzene rings is 1. The van der Waals surface area contributed by atoms with Crippen molar-refractivity contribution in [2.75, 3.05) is 0 Å². The van der Waals surface area contributed by atoms with Crippen LogP contribution < -0.4 is 5.73 Å². The Morgan fingerprint density at radius 1 is 1.28 bits per heavy atom. The molecule has 2 rings (SSSR count). The van der Waals surface area contributed by atoms with Gasteiger partial charge in [-0.05, 0) is 32.8 Å². The van der Waals surface area contributed by atoms with Gasteiger partial charge in [0.25, 0.3) is 0 Å². The van der Waals surface area contributed by atoms with Crippen LogP contribution in [0, 0.1) is 6.92 Å². The first-order valence-corrected chi connectivity index (χ1v) is 7.13. The summed E-state index contributed by atoms with van der Waals surface area (Å²) in [7, 11) is 0. The molecule has 96 valence electrons. The third-order valence-corrected chi connectivity index (χ3v) is 3.86. The van der Waals surface area contributed by atoms with Crippen molar-refractivity contribution >= 4 is 11.3 Å². The van der Waals surface area contributed by atoms with Gasteiger partial charge in [0.1, 0.15) is 0 Å². The number of nitrogens with two attached hydrogens (primary N) is 1. The molecule has 0 bridgehead atoms. The lowest BCUT2D eigenvalue weighted by atomic mass is 10.0. The highest BCUT2D eigenvalue weighted by Gasteiger charge is 2.13. The number of rotatable bonds is 4. The Bertz CT molecular complexity index is 523. The Morgan fingerprint density at radius 2 is 2.00 bits per heavy atom. The van der Waals surface area contributed by atoms with Crippen LogP contribution in [-0.2, 0) is 6.42 Å². The van der Waals surface area contributed by atoms with Gasteiger partial charge in [0.15, 0.2) is 0 Å². The fourth-order valence-electron chi connectivity index (χ4n) is 1.84. The van der Waals surface area contributed by atoms with Gasteiger partial charge in [-0.3, -0.25) is 0 Å². The van der Waals surface area contributed by atoms with Crippen molar-refractivity contribution in [3.05, 3.63) is 40.2 Å². The minimum atomic E-state index is -0.117. The van der Waals surface area contributed by atoms with Crippen LogP contribution in [0.3, 0.4) is 0 Å². The van der Waals surface area contributed by atoms with E-state index in [1.54, 1.807) is 11.3 Å². The van der Waals surface area contributed by atoms with Crippen LogP contribution in [0.1, 0.15) is 30.8 Å². The number of hydrogen-bond donors (Lipinski definition) is 1. The van der Waals surface area contributed by atoms with E-state index in [0.717, 1.165) is 18.5 Å². The fraction of sp³-hybridized carbons (Fsp3) is 0.400. The maximum Gasteiger partial charge on any atom is 0.0933 e. The van der Waals surface area contributed by atoms with E-state index in [9.17, 15) is 0 Å². The maximum atomic E-state index is 6.00. The zero-order valence-electron chi connectivity index (χ0n) is 11.2. The summed E-state index contributed by atoms with van der Waals surface area (Å²) < 4.78 is 0. The molecular formula is C15H20N2S. The molecule has 0 saturated carbocycles. The average molecular weight is 260 g/mol. The first-order valence-electron chi connectivity index (χ1n) is 6.25. The van der Waals surface area contributed by atoms with Crippen LogP contribution in [0.5, 0.6) is 0 Å². The summed E-state index contributed by atoms with van der Waals surface area (Å²) >= 11 is 1.73. The average Bonchev–Trinajstić information content (AvgIpc) is 2.75. The van der Waals surface area contributed by atoms with Gasteiger partial charge in [0.05, 0.1) is 10.7 Å². The monoisotopic (exact) mass is 260 g/mol. The van der Waals surface area contributed by atoms with Gasteiger partial charge in [-0.2, -0.15) is 0 Å². The summed E-state index contributed by atoms with van der Waals surface area (Å²) in [6.07, 6.45) is 1.92. The van der Waals surface area contributed by atoms with Gasteiger partial charge in [-0.15, -0.1) is 11.3 Å². The van der Waals surface area contributed by atoms with Crippen molar-refractivity contribution < 1.29 is 0 Å². The van der Waals surface area contributed by atoms with Crippen molar-refractivity contribution in [2.24, 2.45) is 5.73 Å². The Kier molecular flexibility index (Phi) is 3.83. The van der Waals surface area contributed by atoms with Gasteiger partial charge >= 0.3 is 0 Å². The highest BCUT2D eigenvalue weighted by atomic mass is 32.1. The third kappa shape index (κ3) is 3.40. The zero-order chi connectivity index (χ0) is 13.2. The fourth-order valence-corrected chi connectivity index (χ4v) is 2.64. The second-order valence-corrected chi connectivity index (χ2v) is 6.37. The number of aromatic nitrogens is 1. The normalized spacial score (nSPS) is 11.8. The molecule has 0 aliphatic carbocycles. The Balaban J connectivity index is 2.14. The van der Waals surface area contributed by atoms with Crippen LogP contribution in [0.4, 0.5) is 0 Å². The molecule has 2 aromatic rings. The molecule has 1 aromatic carbocycles. The minimum absolute atomic E-state index is 0.117. The van der Waals surface area contributed by atoms with Gasteiger partial charge in [0, 0.05) is 22.9 Å². The van der Waals surface area contributed by atoms with E-state index >= 15 is 0 Å². The number of thiazole rings is 1. The zero-order valence-corrected chi connectivity index (χ0v) is 12.1. The quantitative estimate of drug-likeness (QED) is 0.908. The molecule has 1 heterocycles. The van der Waals surface area contributed by atoms with Crippen molar-refractivity contribution in [1.29, 1.82) is 0 Å². The van der Waals surface area contributed by atoms with Crippen molar-refractivity contribution in [3.8, 4) is 11.3 Å². The molecule has 3 heteroatoms. The molecule has 0 amide bonds. The summed E-state index contributed by atoms with van der Waals surface area (Å²) in [6, 6.07) is 8.37. The number of nitrogens with zero attached hydrogens (tertiary/aromatic N) is 1. The molecule has 0 aliphatic rings. The SMILES string of the molecule is Cc1ccccc1-c1csc(CCC(C)(C)N)n1. The first kappa shape index (κ1) is 13.2. The van der Waals surface area contributed by atoms with Crippen molar-refractivity contribution in [3.63, 3.8) is 0 Å². The second kappa shape index (κ2) is 5.21. The number of hydrogen-bond acceptors (Lipinski definition) is 3. The standard InChI is InChI=1S/C15H20N2S/c1-11-6-4-5-7-12(11)13-10-18-14(17-13)8-9-15(2,3)16/h4-7,10H,8-9,16H2,1-3H3.